The van der Waals surface area contributed by atoms with Gasteiger partial charge in [-0.3, -0.25) is 0 Å². The molecule has 18 heavy (non-hydrogen) atoms. The zero-order valence-electron chi connectivity index (χ0n) is 10.2. The molecular weight excluding hydrogens is 306 g/mol. The fourth-order valence-corrected chi connectivity index (χ4v) is 2.79. The van der Waals surface area contributed by atoms with Crippen molar-refractivity contribution in [1.82, 2.24) is 0 Å². The first-order valence-electron chi connectivity index (χ1n) is 5.50. The summed E-state index contributed by atoms with van der Waals surface area (Å²) in [5.74, 6) is 0. The Morgan fingerprint density at radius 1 is 1.11 bits per heavy atom. The number of hydrogen-bond donors (Lipinski definition) is 0. The van der Waals surface area contributed by atoms with Crippen LogP contribution in [0.25, 0.3) is 11.1 Å². The van der Waals surface area contributed by atoms with Crippen LogP contribution in [0, 0.1) is 18.3 Å². The van der Waals surface area contributed by atoms with Gasteiger partial charge in [-0.25, -0.2) is 0 Å². The molecule has 0 saturated heterocycles. The molecule has 0 spiro atoms. The van der Waals surface area contributed by atoms with Crippen molar-refractivity contribution >= 4 is 27.7 Å². The van der Waals surface area contributed by atoms with E-state index in [1.807, 2.05) is 25.3 Å². The molecule has 0 aliphatic rings. The Morgan fingerprint density at radius 3 is 2.33 bits per heavy atom. The summed E-state index contributed by atoms with van der Waals surface area (Å²) in [6, 6.07) is 14.6. The molecule has 0 bridgehead atoms. The zero-order valence-corrected chi connectivity index (χ0v) is 12.6. The molecule has 2 aromatic carbocycles. The van der Waals surface area contributed by atoms with Gasteiger partial charge >= 0.3 is 0 Å². The van der Waals surface area contributed by atoms with Crippen molar-refractivity contribution < 1.29 is 0 Å². The monoisotopic (exact) mass is 317 g/mol. The molecule has 0 aromatic heterocycles. The Balaban J connectivity index is 2.56. The van der Waals surface area contributed by atoms with Crippen LogP contribution in [0.3, 0.4) is 0 Å². The number of halogens is 1. The van der Waals surface area contributed by atoms with Gasteiger partial charge in [0.05, 0.1) is 5.56 Å². The molecule has 0 saturated carbocycles. The van der Waals surface area contributed by atoms with E-state index >= 15 is 0 Å². The van der Waals surface area contributed by atoms with E-state index in [0.717, 1.165) is 26.1 Å². The molecule has 0 aliphatic heterocycles. The normalized spacial score (nSPS) is 10.1. The summed E-state index contributed by atoms with van der Waals surface area (Å²) >= 11 is 5.05. The molecule has 2 rings (SSSR count). The van der Waals surface area contributed by atoms with Crippen molar-refractivity contribution in [3.05, 3.63) is 52.0 Å². The Labute approximate surface area is 120 Å². The number of benzene rings is 2. The molecular formula is C15H12BrNS. The minimum absolute atomic E-state index is 0.781. The van der Waals surface area contributed by atoms with Gasteiger partial charge in [-0.1, -0.05) is 34.1 Å². The lowest BCUT2D eigenvalue weighted by atomic mass is 10.0. The lowest BCUT2D eigenvalue weighted by molar-refractivity contribution is 1.29. The average Bonchev–Trinajstić information content (AvgIpc) is 2.38. The highest BCUT2D eigenvalue weighted by Gasteiger charge is 2.08. The fraction of sp³-hybridized carbons (Fsp3) is 0.133. The molecule has 1 nitrogen and oxygen atoms in total. The predicted molar refractivity (Wildman–Crippen MR) is 80.8 cm³/mol. The van der Waals surface area contributed by atoms with Gasteiger partial charge in [0.25, 0.3) is 0 Å². The van der Waals surface area contributed by atoms with E-state index in [2.05, 4.69) is 46.3 Å². The Hall–Kier alpha value is -1.24. The summed E-state index contributed by atoms with van der Waals surface area (Å²) in [6.45, 7) is 1.99. The summed E-state index contributed by atoms with van der Waals surface area (Å²) < 4.78 is 1.07. The van der Waals surface area contributed by atoms with Gasteiger partial charge in [0.2, 0.25) is 0 Å². The van der Waals surface area contributed by atoms with E-state index in [1.165, 1.54) is 5.56 Å². The van der Waals surface area contributed by atoms with E-state index in [-0.39, 0.29) is 0 Å². The molecule has 0 atom stereocenters. The molecule has 2 aromatic rings. The van der Waals surface area contributed by atoms with Crippen LogP contribution in [-0.2, 0) is 0 Å². The first-order chi connectivity index (χ1) is 8.65. The molecule has 0 N–H and O–H groups in total. The van der Waals surface area contributed by atoms with Gasteiger partial charge in [-0.2, -0.15) is 5.26 Å². The maximum Gasteiger partial charge on any atom is 0.101 e. The van der Waals surface area contributed by atoms with Crippen molar-refractivity contribution in [2.75, 3.05) is 6.26 Å². The minimum Gasteiger partial charge on any atom is -0.192 e. The van der Waals surface area contributed by atoms with Crippen LogP contribution in [0.5, 0.6) is 0 Å². The quantitative estimate of drug-likeness (QED) is 0.726. The molecule has 0 radical (unpaired) electrons. The first kappa shape index (κ1) is 13.2. The molecule has 0 heterocycles. The summed E-state index contributed by atoms with van der Waals surface area (Å²) in [4.78, 5) is 1.04. The van der Waals surface area contributed by atoms with Crippen LogP contribution in [-0.4, -0.2) is 6.26 Å². The van der Waals surface area contributed by atoms with Crippen molar-refractivity contribution in [3.8, 4) is 17.2 Å². The van der Waals surface area contributed by atoms with Crippen molar-refractivity contribution in [2.24, 2.45) is 0 Å². The molecule has 0 unspecified atom stereocenters. The maximum absolute atomic E-state index is 9.16. The SMILES string of the molecule is CSc1cc(-c2ccc(Br)cc2)cc(C)c1C#N. The van der Waals surface area contributed by atoms with Gasteiger partial charge in [0.15, 0.2) is 0 Å². The lowest BCUT2D eigenvalue weighted by Gasteiger charge is -2.09. The van der Waals surface area contributed by atoms with E-state index < -0.39 is 0 Å². The summed E-state index contributed by atoms with van der Waals surface area (Å²) in [7, 11) is 0. The van der Waals surface area contributed by atoms with Crippen LogP contribution in [0.15, 0.2) is 45.8 Å². The third-order valence-electron chi connectivity index (χ3n) is 2.81. The van der Waals surface area contributed by atoms with E-state index in [4.69, 9.17) is 5.26 Å². The second-order valence-electron chi connectivity index (χ2n) is 3.99. The number of hydrogen-bond acceptors (Lipinski definition) is 2. The highest BCUT2D eigenvalue weighted by atomic mass is 79.9. The van der Waals surface area contributed by atoms with Crippen molar-refractivity contribution in [1.29, 1.82) is 5.26 Å². The van der Waals surface area contributed by atoms with Gasteiger partial charge in [0.1, 0.15) is 6.07 Å². The minimum atomic E-state index is 0.781. The summed E-state index contributed by atoms with van der Waals surface area (Å²) in [5.41, 5.74) is 4.13. The number of nitriles is 1. The Kier molecular flexibility index (Phi) is 4.11. The predicted octanol–water partition coefficient (Wildman–Crippen LogP) is 5.02. The summed E-state index contributed by atoms with van der Waals surface area (Å²) in [5, 5.41) is 9.16. The van der Waals surface area contributed by atoms with Crippen molar-refractivity contribution in [3.63, 3.8) is 0 Å². The molecule has 90 valence electrons. The average molecular weight is 318 g/mol. The van der Waals surface area contributed by atoms with Crippen LogP contribution >= 0.6 is 27.7 Å². The highest BCUT2D eigenvalue weighted by Crippen LogP contribution is 2.30. The first-order valence-corrected chi connectivity index (χ1v) is 7.52. The molecule has 0 amide bonds. The van der Waals surface area contributed by atoms with Gasteiger partial charge in [-0.15, -0.1) is 11.8 Å². The molecule has 3 heteroatoms. The second kappa shape index (κ2) is 5.60. The third-order valence-corrected chi connectivity index (χ3v) is 4.10. The maximum atomic E-state index is 9.16. The fourth-order valence-electron chi connectivity index (χ4n) is 1.87. The Morgan fingerprint density at radius 2 is 1.78 bits per heavy atom. The smallest absolute Gasteiger partial charge is 0.101 e. The number of thioether (sulfide) groups is 1. The van der Waals surface area contributed by atoms with Gasteiger partial charge in [0, 0.05) is 9.37 Å². The topological polar surface area (TPSA) is 23.8 Å². The summed E-state index contributed by atoms with van der Waals surface area (Å²) in [6.07, 6.45) is 2.00. The van der Waals surface area contributed by atoms with E-state index in [9.17, 15) is 0 Å². The van der Waals surface area contributed by atoms with Gasteiger partial charge in [-0.05, 0) is 48.1 Å². The number of aryl methyl sites for hydroxylation is 1. The highest BCUT2D eigenvalue weighted by molar-refractivity contribution is 9.10. The van der Waals surface area contributed by atoms with Crippen LogP contribution in [0.1, 0.15) is 11.1 Å². The largest absolute Gasteiger partial charge is 0.192 e. The van der Waals surface area contributed by atoms with E-state index in [0.29, 0.717) is 0 Å². The van der Waals surface area contributed by atoms with Gasteiger partial charge < -0.3 is 0 Å². The second-order valence-corrected chi connectivity index (χ2v) is 5.75. The molecule has 0 fully saturated rings. The number of nitrogens with zero attached hydrogens (tertiary/aromatic N) is 1. The van der Waals surface area contributed by atoms with E-state index in [1.54, 1.807) is 11.8 Å². The van der Waals surface area contributed by atoms with Crippen LogP contribution in [0.2, 0.25) is 0 Å². The third kappa shape index (κ3) is 2.60. The standard InChI is InChI=1S/C15H12BrNS/c1-10-7-12(8-15(18-2)14(10)9-17)11-3-5-13(16)6-4-11/h3-8H,1-2H3. The van der Waals surface area contributed by atoms with Crippen LogP contribution < -0.4 is 0 Å². The van der Waals surface area contributed by atoms with Crippen molar-refractivity contribution in [2.45, 2.75) is 11.8 Å². The number of rotatable bonds is 2. The Bertz CT molecular complexity index is 612. The molecule has 0 aliphatic carbocycles. The zero-order chi connectivity index (χ0) is 13.1. The van der Waals surface area contributed by atoms with Crippen LogP contribution in [0.4, 0.5) is 0 Å². The lowest BCUT2D eigenvalue weighted by Crippen LogP contribution is -1.89.